The number of aromatic amines is 1. The maximum absolute atomic E-state index is 12.5. The molecule has 0 aliphatic heterocycles. The third kappa shape index (κ3) is 3.85. The van der Waals surface area contributed by atoms with Crippen LogP contribution in [0, 0.1) is 0 Å². The van der Waals surface area contributed by atoms with Gasteiger partial charge in [0.1, 0.15) is 11.8 Å². The molecule has 0 fully saturated rings. The van der Waals surface area contributed by atoms with Gasteiger partial charge in [-0.15, -0.1) is 0 Å². The third-order valence-corrected chi connectivity index (χ3v) is 4.11. The van der Waals surface area contributed by atoms with Gasteiger partial charge in [-0.25, -0.2) is 4.79 Å². The molecular formula is C20H20N2O4. The molecule has 0 radical (unpaired) electrons. The minimum Gasteiger partial charge on any atom is -0.494 e. The van der Waals surface area contributed by atoms with Crippen LogP contribution in [0.2, 0.25) is 0 Å². The lowest BCUT2D eigenvalue weighted by Crippen LogP contribution is -2.42. The Hall–Kier alpha value is -3.28. The topological polar surface area (TPSA) is 91.4 Å². The Morgan fingerprint density at radius 3 is 2.77 bits per heavy atom. The van der Waals surface area contributed by atoms with E-state index < -0.39 is 17.9 Å². The highest BCUT2D eigenvalue weighted by Crippen LogP contribution is 2.19. The van der Waals surface area contributed by atoms with E-state index in [2.05, 4.69) is 10.3 Å². The molecule has 1 aromatic heterocycles. The van der Waals surface area contributed by atoms with E-state index in [4.69, 9.17) is 4.74 Å². The summed E-state index contributed by atoms with van der Waals surface area (Å²) in [5, 5.41) is 13.1. The summed E-state index contributed by atoms with van der Waals surface area (Å²) >= 11 is 0. The first-order valence-electron chi connectivity index (χ1n) is 8.40. The van der Waals surface area contributed by atoms with Crippen LogP contribution in [-0.2, 0) is 11.2 Å². The van der Waals surface area contributed by atoms with E-state index in [-0.39, 0.29) is 6.42 Å². The van der Waals surface area contributed by atoms with Gasteiger partial charge in [0.15, 0.2) is 0 Å². The summed E-state index contributed by atoms with van der Waals surface area (Å²) in [7, 11) is 0. The second-order valence-electron chi connectivity index (χ2n) is 5.89. The van der Waals surface area contributed by atoms with Crippen molar-refractivity contribution in [1.29, 1.82) is 0 Å². The van der Waals surface area contributed by atoms with Gasteiger partial charge in [-0.3, -0.25) is 4.79 Å². The molecule has 0 aliphatic rings. The van der Waals surface area contributed by atoms with Crippen molar-refractivity contribution in [2.45, 2.75) is 19.4 Å². The number of ether oxygens (including phenoxy) is 1. The van der Waals surface area contributed by atoms with Crippen LogP contribution in [-0.4, -0.2) is 34.6 Å². The molecule has 0 saturated carbocycles. The Labute approximate surface area is 150 Å². The zero-order valence-electron chi connectivity index (χ0n) is 14.4. The fourth-order valence-electron chi connectivity index (χ4n) is 2.86. The molecule has 134 valence electrons. The minimum atomic E-state index is -1.08. The lowest BCUT2D eigenvalue weighted by Gasteiger charge is -2.15. The summed E-state index contributed by atoms with van der Waals surface area (Å²) in [6.45, 7) is 2.35. The lowest BCUT2D eigenvalue weighted by molar-refractivity contribution is -0.139. The molecule has 1 amide bonds. The van der Waals surface area contributed by atoms with E-state index in [1.807, 2.05) is 31.2 Å². The standard InChI is InChI=1S/C20H20N2O4/c1-2-26-15-7-5-6-13(10-15)19(23)22-18(20(24)25)11-14-12-21-17-9-4-3-8-16(14)17/h3-10,12,18,21H,2,11H2,1H3,(H,22,23)(H,24,25). The molecule has 0 bridgehead atoms. The summed E-state index contributed by atoms with van der Waals surface area (Å²) < 4.78 is 5.38. The summed E-state index contributed by atoms with van der Waals surface area (Å²) in [4.78, 5) is 27.2. The molecule has 2 aromatic carbocycles. The maximum atomic E-state index is 12.5. The van der Waals surface area contributed by atoms with Crippen LogP contribution in [0.3, 0.4) is 0 Å². The molecule has 3 aromatic rings. The van der Waals surface area contributed by atoms with Gasteiger partial charge in [-0.2, -0.15) is 0 Å². The van der Waals surface area contributed by atoms with Crippen molar-refractivity contribution < 1.29 is 19.4 Å². The van der Waals surface area contributed by atoms with Gasteiger partial charge >= 0.3 is 5.97 Å². The van der Waals surface area contributed by atoms with Crippen LogP contribution in [0.5, 0.6) is 5.75 Å². The molecule has 26 heavy (non-hydrogen) atoms. The largest absolute Gasteiger partial charge is 0.494 e. The zero-order valence-corrected chi connectivity index (χ0v) is 14.4. The normalized spacial score (nSPS) is 11.9. The van der Waals surface area contributed by atoms with Gasteiger partial charge in [-0.05, 0) is 36.8 Å². The number of aromatic nitrogens is 1. The van der Waals surface area contributed by atoms with E-state index in [1.165, 1.54) is 0 Å². The third-order valence-electron chi connectivity index (χ3n) is 4.11. The first-order chi connectivity index (χ1) is 12.6. The highest BCUT2D eigenvalue weighted by Gasteiger charge is 2.22. The molecule has 0 aliphatic carbocycles. The Bertz CT molecular complexity index is 932. The summed E-state index contributed by atoms with van der Waals surface area (Å²) in [6, 6.07) is 13.3. The molecule has 0 spiro atoms. The van der Waals surface area contributed by atoms with Crippen molar-refractivity contribution >= 4 is 22.8 Å². The number of carbonyl (C=O) groups is 2. The zero-order chi connectivity index (χ0) is 18.5. The number of para-hydroxylation sites is 1. The number of fused-ring (bicyclic) bond motifs is 1. The van der Waals surface area contributed by atoms with E-state index in [0.29, 0.717) is 17.9 Å². The molecule has 3 N–H and O–H groups in total. The lowest BCUT2D eigenvalue weighted by atomic mass is 10.0. The van der Waals surface area contributed by atoms with E-state index >= 15 is 0 Å². The van der Waals surface area contributed by atoms with Gasteiger partial charge in [0.2, 0.25) is 0 Å². The molecule has 0 saturated heterocycles. The van der Waals surface area contributed by atoms with E-state index in [1.54, 1.807) is 30.5 Å². The molecule has 6 nitrogen and oxygen atoms in total. The Balaban J connectivity index is 1.77. The number of carbonyl (C=O) groups excluding carboxylic acids is 1. The summed E-state index contributed by atoms with van der Waals surface area (Å²) in [5.74, 6) is -0.952. The highest BCUT2D eigenvalue weighted by molar-refractivity contribution is 5.97. The first-order valence-corrected chi connectivity index (χ1v) is 8.40. The fourth-order valence-corrected chi connectivity index (χ4v) is 2.86. The number of nitrogens with one attached hydrogen (secondary N) is 2. The molecule has 1 heterocycles. The van der Waals surface area contributed by atoms with Crippen LogP contribution in [0.15, 0.2) is 54.7 Å². The molecule has 3 rings (SSSR count). The number of H-pyrrole nitrogens is 1. The SMILES string of the molecule is CCOc1cccc(C(=O)NC(Cc2c[nH]c3ccccc23)C(=O)O)c1. The van der Waals surface area contributed by atoms with Crippen LogP contribution in [0.4, 0.5) is 0 Å². The van der Waals surface area contributed by atoms with Crippen LogP contribution < -0.4 is 10.1 Å². The Morgan fingerprint density at radius 1 is 1.19 bits per heavy atom. The van der Waals surface area contributed by atoms with Gasteiger partial charge in [0, 0.05) is 29.1 Å². The Kier molecular flexibility index (Phi) is 5.22. The smallest absolute Gasteiger partial charge is 0.326 e. The van der Waals surface area contributed by atoms with Crippen molar-refractivity contribution in [2.24, 2.45) is 0 Å². The van der Waals surface area contributed by atoms with Gasteiger partial charge in [0.05, 0.1) is 6.61 Å². The number of rotatable bonds is 7. The van der Waals surface area contributed by atoms with Crippen molar-refractivity contribution in [3.63, 3.8) is 0 Å². The molecule has 1 unspecified atom stereocenters. The van der Waals surface area contributed by atoms with E-state index in [0.717, 1.165) is 16.5 Å². The predicted octanol–water partition coefficient (Wildman–Crippen LogP) is 2.99. The molecule has 6 heteroatoms. The van der Waals surface area contributed by atoms with Crippen LogP contribution >= 0.6 is 0 Å². The summed E-state index contributed by atoms with van der Waals surface area (Å²) in [5.41, 5.74) is 2.14. The van der Waals surface area contributed by atoms with Crippen LogP contribution in [0.1, 0.15) is 22.8 Å². The first kappa shape index (κ1) is 17.5. The second kappa shape index (κ2) is 7.74. The predicted molar refractivity (Wildman–Crippen MR) is 98.5 cm³/mol. The van der Waals surface area contributed by atoms with E-state index in [9.17, 15) is 14.7 Å². The number of carboxylic acid groups (broad SMARTS) is 1. The number of aliphatic carboxylic acids is 1. The monoisotopic (exact) mass is 352 g/mol. The number of benzene rings is 2. The number of carboxylic acids is 1. The minimum absolute atomic E-state index is 0.191. The number of hydrogen-bond donors (Lipinski definition) is 3. The van der Waals surface area contributed by atoms with Crippen molar-refractivity contribution in [2.75, 3.05) is 6.61 Å². The quantitative estimate of drug-likeness (QED) is 0.610. The second-order valence-corrected chi connectivity index (χ2v) is 5.89. The van der Waals surface area contributed by atoms with Crippen molar-refractivity contribution in [3.05, 3.63) is 65.9 Å². The average molecular weight is 352 g/mol. The van der Waals surface area contributed by atoms with Crippen molar-refractivity contribution in [3.8, 4) is 5.75 Å². The van der Waals surface area contributed by atoms with Gasteiger partial charge in [-0.1, -0.05) is 24.3 Å². The maximum Gasteiger partial charge on any atom is 0.326 e. The van der Waals surface area contributed by atoms with Gasteiger partial charge < -0.3 is 20.1 Å². The number of hydrogen-bond acceptors (Lipinski definition) is 3. The summed E-state index contributed by atoms with van der Waals surface area (Å²) in [6.07, 6.45) is 1.97. The van der Waals surface area contributed by atoms with Crippen molar-refractivity contribution in [1.82, 2.24) is 10.3 Å². The Morgan fingerprint density at radius 2 is 2.00 bits per heavy atom. The highest BCUT2D eigenvalue weighted by atomic mass is 16.5. The molecule has 1 atom stereocenters. The van der Waals surface area contributed by atoms with Crippen LogP contribution in [0.25, 0.3) is 10.9 Å². The average Bonchev–Trinajstić information content (AvgIpc) is 3.04. The number of amides is 1. The van der Waals surface area contributed by atoms with Gasteiger partial charge in [0.25, 0.3) is 5.91 Å². The fraction of sp³-hybridized carbons (Fsp3) is 0.200. The molecular weight excluding hydrogens is 332 g/mol.